The highest BCUT2D eigenvalue weighted by atomic mass is 32.2. The predicted molar refractivity (Wildman–Crippen MR) is 75.1 cm³/mol. The summed E-state index contributed by atoms with van der Waals surface area (Å²) >= 11 is 3.13. The van der Waals surface area contributed by atoms with Gasteiger partial charge in [0.2, 0.25) is 5.91 Å². The van der Waals surface area contributed by atoms with Gasteiger partial charge in [0.05, 0.1) is 11.8 Å². The minimum atomic E-state index is 0.178. The minimum absolute atomic E-state index is 0.178. The highest BCUT2D eigenvalue weighted by molar-refractivity contribution is 7.99. The highest BCUT2D eigenvalue weighted by Crippen LogP contribution is 2.34. The molecule has 1 amide bonds. The second kappa shape index (κ2) is 5.75. The Hall–Kier alpha value is -1.34. The standard InChI is InChI=1S/C12H14N4OS2/c17-11(7-19-12-13-8-14-15-12)16-5-1-3-9(16)10-4-2-6-18-10/h2,4,6,8-9H,1,3,5,7H2,(H,13,14,15). The van der Waals surface area contributed by atoms with E-state index in [4.69, 9.17) is 0 Å². The summed E-state index contributed by atoms with van der Waals surface area (Å²) in [6.45, 7) is 0.859. The van der Waals surface area contributed by atoms with Crippen LogP contribution in [-0.4, -0.2) is 38.3 Å². The van der Waals surface area contributed by atoms with E-state index in [0.29, 0.717) is 10.9 Å². The van der Waals surface area contributed by atoms with Gasteiger partial charge in [0.15, 0.2) is 5.16 Å². The molecule has 0 aromatic carbocycles. The molecular formula is C12H14N4OS2. The highest BCUT2D eigenvalue weighted by Gasteiger charge is 2.30. The summed E-state index contributed by atoms with van der Waals surface area (Å²) in [5.74, 6) is 0.592. The van der Waals surface area contributed by atoms with Gasteiger partial charge in [-0.1, -0.05) is 17.8 Å². The van der Waals surface area contributed by atoms with E-state index in [9.17, 15) is 4.79 Å². The predicted octanol–water partition coefficient (Wildman–Crippen LogP) is 2.32. The molecule has 1 N–H and O–H groups in total. The van der Waals surface area contributed by atoms with Gasteiger partial charge >= 0.3 is 0 Å². The molecule has 2 aromatic rings. The van der Waals surface area contributed by atoms with E-state index < -0.39 is 0 Å². The third-order valence-corrected chi connectivity index (χ3v) is 5.00. The van der Waals surface area contributed by atoms with E-state index in [1.807, 2.05) is 11.0 Å². The summed E-state index contributed by atoms with van der Waals surface area (Å²) in [5.41, 5.74) is 0. The van der Waals surface area contributed by atoms with Crippen LogP contribution in [0.4, 0.5) is 0 Å². The number of nitrogens with one attached hydrogen (secondary N) is 1. The van der Waals surface area contributed by atoms with Gasteiger partial charge in [-0.2, -0.15) is 5.10 Å². The number of thiophene rings is 1. The van der Waals surface area contributed by atoms with Crippen LogP contribution in [0.5, 0.6) is 0 Å². The zero-order valence-electron chi connectivity index (χ0n) is 10.3. The smallest absolute Gasteiger partial charge is 0.233 e. The van der Waals surface area contributed by atoms with E-state index in [0.717, 1.165) is 19.4 Å². The van der Waals surface area contributed by atoms with E-state index in [1.165, 1.54) is 23.0 Å². The van der Waals surface area contributed by atoms with Crippen molar-refractivity contribution in [3.63, 3.8) is 0 Å². The lowest BCUT2D eigenvalue weighted by molar-refractivity contribution is -0.129. The maximum atomic E-state index is 12.3. The molecule has 1 aliphatic rings. The molecule has 1 unspecified atom stereocenters. The maximum absolute atomic E-state index is 12.3. The van der Waals surface area contributed by atoms with Gasteiger partial charge in [-0.15, -0.1) is 11.3 Å². The van der Waals surface area contributed by atoms with Crippen LogP contribution in [0.15, 0.2) is 29.0 Å². The fourth-order valence-corrected chi connectivity index (χ4v) is 3.86. The number of likely N-dealkylation sites (tertiary alicyclic amines) is 1. The van der Waals surface area contributed by atoms with E-state index in [-0.39, 0.29) is 11.9 Å². The normalized spacial score (nSPS) is 18.9. The second-order valence-electron chi connectivity index (χ2n) is 4.34. The molecule has 2 aromatic heterocycles. The maximum Gasteiger partial charge on any atom is 0.233 e. The number of H-pyrrole nitrogens is 1. The summed E-state index contributed by atoms with van der Waals surface area (Å²) < 4.78 is 0. The van der Waals surface area contributed by atoms with E-state index in [2.05, 4.69) is 26.6 Å². The fourth-order valence-electron chi connectivity index (χ4n) is 2.32. The summed E-state index contributed by atoms with van der Waals surface area (Å²) in [6, 6.07) is 4.43. The summed E-state index contributed by atoms with van der Waals surface area (Å²) in [4.78, 5) is 19.6. The van der Waals surface area contributed by atoms with Crippen LogP contribution in [0.3, 0.4) is 0 Å². The Balaban J connectivity index is 1.62. The molecule has 0 spiro atoms. The number of aromatic amines is 1. The van der Waals surface area contributed by atoms with Gasteiger partial charge in [0.1, 0.15) is 6.33 Å². The molecule has 3 heterocycles. The van der Waals surface area contributed by atoms with Gasteiger partial charge in [-0.05, 0) is 24.3 Å². The third-order valence-electron chi connectivity index (χ3n) is 3.17. The number of thioether (sulfide) groups is 1. The molecule has 7 heteroatoms. The zero-order chi connectivity index (χ0) is 13.1. The molecule has 3 rings (SSSR count). The number of carbonyl (C=O) groups is 1. The topological polar surface area (TPSA) is 61.9 Å². The lowest BCUT2D eigenvalue weighted by Gasteiger charge is -2.23. The lowest BCUT2D eigenvalue weighted by Crippen LogP contribution is -2.31. The van der Waals surface area contributed by atoms with Crippen molar-refractivity contribution < 1.29 is 4.79 Å². The van der Waals surface area contributed by atoms with Gasteiger partial charge in [-0.25, -0.2) is 4.98 Å². The Morgan fingerprint density at radius 1 is 1.63 bits per heavy atom. The molecule has 0 bridgehead atoms. The van der Waals surface area contributed by atoms with Crippen molar-refractivity contribution in [2.45, 2.75) is 24.0 Å². The van der Waals surface area contributed by atoms with Crippen LogP contribution >= 0.6 is 23.1 Å². The van der Waals surface area contributed by atoms with Crippen LogP contribution in [0.2, 0.25) is 0 Å². The molecule has 5 nitrogen and oxygen atoms in total. The van der Waals surface area contributed by atoms with Crippen molar-refractivity contribution in [3.8, 4) is 0 Å². The first-order valence-corrected chi connectivity index (χ1v) is 8.02. The Labute approximate surface area is 119 Å². The number of hydrogen-bond donors (Lipinski definition) is 1. The van der Waals surface area contributed by atoms with E-state index in [1.54, 1.807) is 11.3 Å². The number of hydrogen-bond acceptors (Lipinski definition) is 5. The first-order valence-electron chi connectivity index (χ1n) is 6.15. The van der Waals surface area contributed by atoms with Crippen LogP contribution in [0, 0.1) is 0 Å². The van der Waals surface area contributed by atoms with E-state index >= 15 is 0 Å². The minimum Gasteiger partial charge on any atom is -0.334 e. The average molecular weight is 294 g/mol. The molecule has 100 valence electrons. The number of nitrogens with zero attached hydrogens (tertiary/aromatic N) is 3. The molecule has 0 saturated carbocycles. The van der Waals surface area contributed by atoms with Crippen LogP contribution in [-0.2, 0) is 4.79 Å². The monoisotopic (exact) mass is 294 g/mol. The third kappa shape index (κ3) is 2.82. The molecule has 19 heavy (non-hydrogen) atoms. The van der Waals surface area contributed by atoms with Crippen molar-refractivity contribution in [2.75, 3.05) is 12.3 Å². The Kier molecular flexibility index (Phi) is 3.84. The second-order valence-corrected chi connectivity index (χ2v) is 6.28. The van der Waals surface area contributed by atoms with Crippen molar-refractivity contribution in [2.24, 2.45) is 0 Å². The molecule has 1 saturated heterocycles. The number of amides is 1. The molecule has 0 aliphatic carbocycles. The average Bonchev–Trinajstić information content (AvgIpc) is 3.14. The zero-order valence-corrected chi connectivity index (χ0v) is 11.9. The Bertz CT molecular complexity index is 526. The quantitative estimate of drug-likeness (QED) is 0.879. The lowest BCUT2D eigenvalue weighted by atomic mass is 10.2. The Morgan fingerprint density at radius 2 is 2.58 bits per heavy atom. The molecule has 1 fully saturated rings. The molecule has 1 atom stereocenters. The first kappa shape index (κ1) is 12.7. The largest absolute Gasteiger partial charge is 0.334 e. The van der Waals surface area contributed by atoms with Crippen LogP contribution in [0.1, 0.15) is 23.8 Å². The number of rotatable bonds is 4. The van der Waals surface area contributed by atoms with Crippen molar-refractivity contribution in [1.29, 1.82) is 0 Å². The molecular weight excluding hydrogens is 280 g/mol. The van der Waals surface area contributed by atoms with Crippen molar-refractivity contribution in [1.82, 2.24) is 20.1 Å². The summed E-state index contributed by atoms with van der Waals surface area (Å²) in [6.07, 6.45) is 3.61. The molecule has 1 aliphatic heterocycles. The van der Waals surface area contributed by atoms with Gasteiger partial charge in [-0.3, -0.25) is 9.89 Å². The van der Waals surface area contributed by atoms with Crippen molar-refractivity contribution >= 4 is 29.0 Å². The van der Waals surface area contributed by atoms with Gasteiger partial charge in [0.25, 0.3) is 0 Å². The van der Waals surface area contributed by atoms with Gasteiger partial charge in [0, 0.05) is 11.4 Å². The van der Waals surface area contributed by atoms with Crippen LogP contribution in [0.25, 0.3) is 0 Å². The van der Waals surface area contributed by atoms with Crippen LogP contribution < -0.4 is 0 Å². The first-order chi connectivity index (χ1) is 9.34. The number of carbonyl (C=O) groups excluding carboxylic acids is 1. The van der Waals surface area contributed by atoms with Gasteiger partial charge < -0.3 is 4.90 Å². The summed E-state index contributed by atoms with van der Waals surface area (Å²) in [7, 11) is 0. The summed E-state index contributed by atoms with van der Waals surface area (Å²) in [5, 5.41) is 9.29. The number of aromatic nitrogens is 3. The fraction of sp³-hybridized carbons (Fsp3) is 0.417. The van der Waals surface area contributed by atoms with Crippen molar-refractivity contribution in [3.05, 3.63) is 28.7 Å². The molecule has 0 radical (unpaired) electrons. The SMILES string of the molecule is O=C(CSc1ncn[nH]1)N1CCCC1c1cccs1. The Morgan fingerprint density at radius 3 is 3.32 bits per heavy atom.